The monoisotopic (exact) mass is 630 g/mol. The molecule has 4 aromatic rings. The predicted molar refractivity (Wildman–Crippen MR) is 171 cm³/mol. The highest BCUT2D eigenvalue weighted by atomic mass is 35.5. The Labute approximate surface area is 265 Å². The summed E-state index contributed by atoms with van der Waals surface area (Å²) in [5.41, 5.74) is 8.16. The first-order valence-corrected chi connectivity index (χ1v) is 15.3. The Balaban J connectivity index is 1.59. The van der Waals surface area contributed by atoms with Crippen molar-refractivity contribution in [3.05, 3.63) is 71.7 Å². The van der Waals surface area contributed by atoms with Crippen LogP contribution in [-0.2, 0) is 16.0 Å². The summed E-state index contributed by atoms with van der Waals surface area (Å²) in [6.45, 7) is 6.30. The fourth-order valence-corrected chi connectivity index (χ4v) is 6.43. The van der Waals surface area contributed by atoms with E-state index < -0.39 is 12.0 Å². The van der Waals surface area contributed by atoms with Gasteiger partial charge in [0, 0.05) is 19.3 Å². The van der Waals surface area contributed by atoms with E-state index in [9.17, 15) is 4.79 Å². The molecule has 3 aromatic heterocycles. The minimum absolute atomic E-state index is 0.0956. The zero-order chi connectivity index (χ0) is 31.5. The van der Waals surface area contributed by atoms with Gasteiger partial charge in [0.25, 0.3) is 5.90 Å². The topological polar surface area (TPSA) is 154 Å². The first-order chi connectivity index (χ1) is 21.9. The number of ether oxygens (including phenoxy) is 3. The van der Waals surface area contributed by atoms with Gasteiger partial charge in [0.15, 0.2) is 5.65 Å². The minimum atomic E-state index is -1.15. The summed E-state index contributed by atoms with van der Waals surface area (Å²) in [6.07, 6.45) is 6.61. The Hall–Kier alpha value is -4.55. The van der Waals surface area contributed by atoms with Gasteiger partial charge in [0.05, 0.1) is 37.0 Å². The van der Waals surface area contributed by atoms with Crippen molar-refractivity contribution in [2.75, 3.05) is 31.8 Å². The highest BCUT2D eigenvalue weighted by Crippen LogP contribution is 2.40. The molecule has 2 aliphatic rings. The number of morpholine rings is 1. The first kappa shape index (κ1) is 30.5. The van der Waals surface area contributed by atoms with Gasteiger partial charge in [-0.15, -0.1) is 6.58 Å². The maximum Gasteiger partial charge on any atom is 0.411 e. The molecule has 45 heavy (non-hydrogen) atoms. The molecular formula is C32H35ClN8O4. The smallest absolute Gasteiger partial charge is 0.411 e. The number of pyridine rings is 1. The number of aromatic nitrogens is 5. The number of methoxy groups -OCH3 is 1. The molecule has 0 bridgehead atoms. The molecule has 1 aliphatic carbocycles. The number of nitrogens with one attached hydrogen (secondary N) is 1. The van der Waals surface area contributed by atoms with Crippen LogP contribution >= 0.6 is 11.6 Å². The van der Waals surface area contributed by atoms with Crippen LogP contribution in [0.15, 0.2) is 55.3 Å². The lowest BCUT2D eigenvalue weighted by Crippen LogP contribution is -2.41. The lowest BCUT2D eigenvalue weighted by atomic mass is 9.82. The van der Waals surface area contributed by atoms with E-state index in [0.29, 0.717) is 71.5 Å². The number of nitrogens with two attached hydrogens (primary N) is 1. The van der Waals surface area contributed by atoms with Crippen molar-refractivity contribution >= 4 is 40.7 Å². The number of allylic oxidation sites excluding steroid dienone is 1. The number of halogens is 1. The number of nitrogens with zero attached hydrogens (tertiary/aromatic N) is 6. The van der Waals surface area contributed by atoms with Gasteiger partial charge in [0.2, 0.25) is 17.7 Å². The van der Waals surface area contributed by atoms with Crippen molar-refractivity contribution in [1.29, 1.82) is 5.41 Å². The second-order valence-electron chi connectivity index (χ2n) is 11.3. The Bertz CT molecular complexity index is 1720. The number of benzene rings is 1. The van der Waals surface area contributed by atoms with Crippen molar-refractivity contribution < 1.29 is 19.0 Å². The van der Waals surface area contributed by atoms with Gasteiger partial charge in [-0.05, 0) is 49.1 Å². The first-order valence-electron chi connectivity index (χ1n) is 14.9. The van der Waals surface area contributed by atoms with E-state index in [1.165, 1.54) is 13.3 Å². The second-order valence-corrected chi connectivity index (χ2v) is 11.7. The molecular weight excluding hydrogens is 596 g/mol. The van der Waals surface area contributed by atoms with Crippen molar-refractivity contribution in [1.82, 2.24) is 24.5 Å². The number of imidazole rings is 1. The van der Waals surface area contributed by atoms with Crippen molar-refractivity contribution in [3.8, 4) is 17.1 Å². The van der Waals surface area contributed by atoms with Crippen molar-refractivity contribution in [3.63, 3.8) is 0 Å². The normalized spacial score (nSPS) is 20.1. The number of amides is 1. The maximum absolute atomic E-state index is 11.6. The zero-order valence-corrected chi connectivity index (χ0v) is 25.7. The number of carbonyl (C=O) groups excluding carboxylic acids is 1. The van der Waals surface area contributed by atoms with Gasteiger partial charge in [0.1, 0.15) is 11.2 Å². The van der Waals surface area contributed by atoms with Crippen LogP contribution in [0.4, 0.5) is 10.7 Å². The summed E-state index contributed by atoms with van der Waals surface area (Å²) in [6, 6.07) is 11.8. The lowest BCUT2D eigenvalue weighted by molar-refractivity contribution is 0.0927. The van der Waals surface area contributed by atoms with Gasteiger partial charge in [-0.2, -0.15) is 4.98 Å². The fourth-order valence-electron chi connectivity index (χ4n) is 6.27. The highest BCUT2D eigenvalue weighted by Gasteiger charge is 2.33. The second kappa shape index (κ2) is 13.2. The van der Waals surface area contributed by atoms with Gasteiger partial charge in [-0.1, -0.05) is 48.0 Å². The average Bonchev–Trinajstić information content (AvgIpc) is 3.42. The summed E-state index contributed by atoms with van der Waals surface area (Å²) < 4.78 is 18.6. The van der Waals surface area contributed by atoms with Crippen LogP contribution in [0.1, 0.15) is 43.1 Å². The van der Waals surface area contributed by atoms with E-state index in [1.807, 2.05) is 18.2 Å². The molecule has 1 atom stereocenters. The summed E-state index contributed by atoms with van der Waals surface area (Å²) in [5, 5.41) is 8.76. The average molecular weight is 631 g/mol. The van der Waals surface area contributed by atoms with Crippen molar-refractivity contribution in [2.24, 2.45) is 17.6 Å². The molecule has 1 amide bonds. The molecule has 2 fully saturated rings. The van der Waals surface area contributed by atoms with Crippen LogP contribution in [0.2, 0.25) is 5.02 Å². The molecule has 3 N–H and O–H groups in total. The molecule has 6 rings (SSSR count). The van der Waals surface area contributed by atoms with Gasteiger partial charge >= 0.3 is 6.09 Å². The molecule has 0 spiro atoms. The summed E-state index contributed by atoms with van der Waals surface area (Å²) in [5.74, 6) is 1.10. The number of anilines is 1. The van der Waals surface area contributed by atoms with Crippen LogP contribution in [0.5, 0.6) is 5.88 Å². The molecule has 0 unspecified atom stereocenters. The third-order valence-electron chi connectivity index (χ3n) is 8.49. The third kappa shape index (κ3) is 6.34. The lowest BCUT2D eigenvalue weighted by Gasteiger charge is -2.37. The van der Waals surface area contributed by atoms with Gasteiger partial charge in [-0.3, -0.25) is 5.41 Å². The van der Waals surface area contributed by atoms with Crippen LogP contribution in [-0.4, -0.2) is 63.4 Å². The minimum Gasteiger partial charge on any atom is -0.481 e. The maximum atomic E-state index is 11.6. The van der Waals surface area contributed by atoms with E-state index in [4.69, 9.17) is 46.9 Å². The molecule has 0 radical (unpaired) electrons. The molecule has 12 nitrogen and oxygen atoms in total. The zero-order valence-electron chi connectivity index (χ0n) is 25.0. The number of fused-ring (bicyclic) bond motifs is 1. The SMILES string of the molecule is C=CC1CCC(Cn2c(N3CCOC[C@H]3c3ccccc3)nc3nc(C(=N)OC(N)=O)nc(-c4cc(Cl)cnc4OC)c32)CC1. The highest BCUT2D eigenvalue weighted by molar-refractivity contribution is 6.30. The standard InChI is InChI=1S/C32H35ClN8O4/c1-3-19-9-11-20(12-10-19)17-41-26-25(23-15-22(33)16-36-30(23)43-2)37-29(27(34)45-31(35)42)38-28(26)39-32(41)40-13-14-44-18-24(40)21-7-5-4-6-8-21/h3-8,15-16,19-20,24,34H,1,9-14,17-18H2,2H3,(H2,35,42)/t19?,20?,24-/m0/s1. The Morgan fingerprint density at radius 2 is 1.98 bits per heavy atom. The molecule has 1 saturated heterocycles. The molecule has 234 valence electrons. The Morgan fingerprint density at radius 3 is 2.69 bits per heavy atom. The summed E-state index contributed by atoms with van der Waals surface area (Å²) in [4.78, 5) is 32.6. The van der Waals surface area contributed by atoms with Gasteiger partial charge in [-0.25, -0.2) is 19.7 Å². The number of hydrogen-bond acceptors (Lipinski definition) is 10. The van der Waals surface area contributed by atoms with E-state index in [2.05, 4.69) is 44.2 Å². The molecule has 13 heteroatoms. The number of primary amides is 1. The fraction of sp³-hybridized carbons (Fsp3) is 0.375. The van der Waals surface area contributed by atoms with E-state index in [-0.39, 0.29) is 17.7 Å². The quantitative estimate of drug-likeness (QED) is 0.145. The van der Waals surface area contributed by atoms with Crippen LogP contribution < -0.4 is 15.4 Å². The Morgan fingerprint density at radius 1 is 1.20 bits per heavy atom. The van der Waals surface area contributed by atoms with Crippen LogP contribution in [0, 0.1) is 17.2 Å². The molecule has 1 aromatic carbocycles. The van der Waals surface area contributed by atoms with Crippen LogP contribution in [0.25, 0.3) is 22.4 Å². The number of carbonyl (C=O) groups is 1. The molecule has 4 heterocycles. The van der Waals surface area contributed by atoms with E-state index in [1.54, 1.807) is 6.07 Å². The third-order valence-corrected chi connectivity index (χ3v) is 8.70. The number of hydrogen-bond donors (Lipinski definition) is 2. The molecule has 1 aliphatic heterocycles. The largest absolute Gasteiger partial charge is 0.481 e. The Kier molecular flexibility index (Phi) is 8.95. The van der Waals surface area contributed by atoms with Crippen molar-refractivity contribution in [2.45, 2.75) is 38.3 Å². The van der Waals surface area contributed by atoms with E-state index >= 15 is 0 Å². The summed E-state index contributed by atoms with van der Waals surface area (Å²) in [7, 11) is 1.51. The van der Waals surface area contributed by atoms with E-state index in [0.717, 1.165) is 31.2 Å². The molecule has 1 saturated carbocycles. The summed E-state index contributed by atoms with van der Waals surface area (Å²) >= 11 is 6.44. The van der Waals surface area contributed by atoms with Crippen LogP contribution in [0.3, 0.4) is 0 Å². The number of rotatable bonds is 8. The van der Waals surface area contributed by atoms with Gasteiger partial charge < -0.3 is 29.4 Å². The predicted octanol–water partition coefficient (Wildman–Crippen LogP) is 5.54.